The van der Waals surface area contributed by atoms with Crippen molar-refractivity contribution in [1.82, 2.24) is 0 Å². The molecule has 0 aromatic heterocycles. The van der Waals surface area contributed by atoms with Crippen molar-refractivity contribution in [1.29, 1.82) is 0 Å². The molecule has 2 heterocycles. The van der Waals surface area contributed by atoms with Crippen molar-refractivity contribution in [2.45, 2.75) is 58.1 Å². The molecule has 2 heteroatoms. The van der Waals surface area contributed by atoms with Gasteiger partial charge < -0.3 is 10.1 Å². The van der Waals surface area contributed by atoms with Gasteiger partial charge in [-0.2, -0.15) is 0 Å². The molecule has 3 rings (SSSR count). The normalized spacial score (nSPS) is 26.7. The van der Waals surface area contributed by atoms with Gasteiger partial charge in [0.05, 0.1) is 12.1 Å². The van der Waals surface area contributed by atoms with Gasteiger partial charge in [0.1, 0.15) is 0 Å². The summed E-state index contributed by atoms with van der Waals surface area (Å²) in [5, 5.41) is 3.80. The van der Waals surface area contributed by atoms with Gasteiger partial charge >= 0.3 is 0 Å². The van der Waals surface area contributed by atoms with Gasteiger partial charge in [-0.1, -0.05) is 63.8 Å². The number of nitrogens with one attached hydrogen (secondary N) is 1. The molecule has 0 amide bonds. The first-order valence-electron chi connectivity index (χ1n) is 9.43. The number of allylic oxidation sites excluding steroid dienone is 3. The van der Waals surface area contributed by atoms with Crippen LogP contribution in [0.3, 0.4) is 0 Å². The van der Waals surface area contributed by atoms with E-state index in [1.807, 2.05) is 6.08 Å². The third-order valence-electron chi connectivity index (χ3n) is 5.36. The predicted molar refractivity (Wildman–Crippen MR) is 107 cm³/mol. The van der Waals surface area contributed by atoms with Crippen LogP contribution in [0.4, 0.5) is 5.69 Å². The zero-order chi connectivity index (χ0) is 18.0. The molecule has 1 aromatic rings. The van der Waals surface area contributed by atoms with E-state index in [4.69, 9.17) is 4.74 Å². The molecular formula is C23H31NO. The zero-order valence-electron chi connectivity index (χ0n) is 16.0. The third-order valence-corrected chi connectivity index (χ3v) is 5.36. The molecule has 3 atom stereocenters. The van der Waals surface area contributed by atoms with Crippen LogP contribution in [0.1, 0.15) is 57.8 Å². The van der Waals surface area contributed by atoms with Crippen LogP contribution in [0.15, 0.2) is 54.7 Å². The third kappa shape index (κ3) is 3.59. The Morgan fingerprint density at radius 3 is 2.80 bits per heavy atom. The van der Waals surface area contributed by atoms with Crippen LogP contribution in [-0.4, -0.2) is 12.6 Å². The second-order valence-corrected chi connectivity index (χ2v) is 8.17. The van der Waals surface area contributed by atoms with Gasteiger partial charge in [0.2, 0.25) is 0 Å². The summed E-state index contributed by atoms with van der Waals surface area (Å²) in [7, 11) is 0. The molecule has 2 aliphatic rings. The van der Waals surface area contributed by atoms with E-state index in [9.17, 15) is 0 Å². The van der Waals surface area contributed by atoms with E-state index in [0.717, 1.165) is 13.0 Å². The van der Waals surface area contributed by atoms with E-state index in [0.29, 0.717) is 5.92 Å². The Morgan fingerprint density at radius 2 is 2.12 bits per heavy atom. The minimum Gasteiger partial charge on any atom is -0.378 e. The lowest BCUT2D eigenvalue weighted by atomic mass is 9.75. The summed E-state index contributed by atoms with van der Waals surface area (Å²) >= 11 is 0. The number of hydrogen-bond acceptors (Lipinski definition) is 2. The molecule has 2 aliphatic heterocycles. The fraction of sp³-hybridized carbons (Fsp3) is 0.478. The number of hydrogen-bond donors (Lipinski definition) is 1. The Balaban J connectivity index is 2.05. The topological polar surface area (TPSA) is 21.3 Å². The van der Waals surface area contributed by atoms with Gasteiger partial charge in [-0.05, 0) is 42.4 Å². The molecule has 0 unspecified atom stereocenters. The Hall–Kier alpha value is -1.80. The summed E-state index contributed by atoms with van der Waals surface area (Å²) in [6.07, 6.45) is 10.8. The van der Waals surface area contributed by atoms with Gasteiger partial charge in [0.15, 0.2) is 0 Å². The molecule has 0 bridgehead atoms. The Kier molecular flexibility index (Phi) is 5.19. The molecule has 0 spiro atoms. The summed E-state index contributed by atoms with van der Waals surface area (Å²) in [5.74, 6) is 0.457. The van der Waals surface area contributed by atoms with Crippen molar-refractivity contribution in [3.05, 3.63) is 65.8 Å². The summed E-state index contributed by atoms with van der Waals surface area (Å²) in [6, 6.07) is 7.11. The number of ether oxygens (including phenoxy) is 1. The van der Waals surface area contributed by atoms with E-state index in [2.05, 4.69) is 76.0 Å². The fourth-order valence-electron chi connectivity index (χ4n) is 4.06. The quantitative estimate of drug-likeness (QED) is 0.690. The molecule has 1 N–H and O–H groups in total. The van der Waals surface area contributed by atoms with Crippen LogP contribution in [0.5, 0.6) is 0 Å². The number of fused-ring (bicyclic) bond motifs is 3. The molecular weight excluding hydrogens is 306 g/mol. The van der Waals surface area contributed by atoms with Gasteiger partial charge in [0, 0.05) is 23.8 Å². The van der Waals surface area contributed by atoms with Crippen LogP contribution in [0.25, 0.3) is 0 Å². The van der Waals surface area contributed by atoms with Crippen LogP contribution >= 0.6 is 0 Å². The Bertz CT molecular complexity index is 693. The first-order chi connectivity index (χ1) is 12.0. The SMILES string of the molecule is C=C/C=C(\C=C/C)[C@@H]1Nc2ccc(C(C)(C)C)cc2[C@H]2OCCC[C@H]21. The number of benzene rings is 1. The highest BCUT2D eigenvalue weighted by molar-refractivity contribution is 5.60. The van der Waals surface area contributed by atoms with Crippen LogP contribution in [0, 0.1) is 5.92 Å². The molecule has 0 saturated carbocycles. The maximum absolute atomic E-state index is 6.30. The Morgan fingerprint density at radius 1 is 1.32 bits per heavy atom. The fourth-order valence-corrected chi connectivity index (χ4v) is 4.06. The minimum atomic E-state index is 0.148. The predicted octanol–water partition coefficient (Wildman–Crippen LogP) is 5.93. The van der Waals surface area contributed by atoms with Crippen molar-refractivity contribution in [2.24, 2.45) is 5.92 Å². The second kappa shape index (κ2) is 7.21. The summed E-state index contributed by atoms with van der Waals surface area (Å²) in [4.78, 5) is 0. The van der Waals surface area contributed by atoms with E-state index in [1.54, 1.807) is 0 Å². The van der Waals surface area contributed by atoms with Crippen LogP contribution < -0.4 is 5.32 Å². The van der Waals surface area contributed by atoms with Gasteiger partial charge in [-0.25, -0.2) is 0 Å². The van der Waals surface area contributed by atoms with Crippen LogP contribution in [0.2, 0.25) is 0 Å². The van der Waals surface area contributed by atoms with E-state index < -0.39 is 0 Å². The van der Waals surface area contributed by atoms with E-state index in [1.165, 1.54) is 28.8 Å². The highest BCUT2D eigenvalue weighted by Gasteiger charge is 2.40. The highest BCUT2D eigenvalue weighted by atomic mass is 16.5. The molecule has 0 radical (unpaired) electrons. The van der Waals surface area contributed by atoms with E-state index in [-0.39, 0.29) is 17.6 Å². The van der Waals surface area contributed by atoms with E-state index >= 15 is 0 Å². The molecule has 25 heavy (non-hydrogen) atoms. The molecule has 1 saturated heterocycles. The molecule has 1 aromatic carbocycles. The molecule has 0 aliphatic carbocycles. The van der Waals surface area contributed by atoms with Crippen molar-refractivity contribution in [3.8, 4) is 0 Å². The van der Waals surface area contributed by atoms with Crippen molar-refractivity contribution in [3.63, 3.8) is 0 Å². The van der Waals surface area contributed by atoms with Gasteiger partial charge in [-0.15, -0.1) is 0 Å². The first kappa shape index (κ1) is 18.0. The standard InChI is InChI=1S/C23H31NO/c1-6-9-16(10-7-2)21-18-11-8-14-25-22(18)19-15-17(23(3,4)5)12-13-20(19)24-21/h6-7,9-10,12-13,15,18,21-22,24H,1,8,11,14H2,2-5H3/b10-7-,16-9+/t18-,21-,22-/m0/s1. The maximum Gasteiger partial charge on any atom is 0.0895 e. The monoisotopic (exact) mass is 337 g/mol. The van der Waals surface area contributed by atoms with Crippen molar-refractivity contribution in [2.75, 3.05) is 11.9 Å². The molecule has 134 valence electrons. The van der Waals surface area contributed by atoms with Crippen molar-refractivity contribution < 1.29 is 4.74 Å². The molecule has 2 nitrogen and oxygen atoms in total. The average molecular weight is 338 g/mol. The lowest BCUT2D eigenvalue weighted by Gasteiger charge is -2.44. The molecule has 1 fully saturated rings. The summed E-state index contributed by atoms with van der Waals surface area (Å²) in [5.41, 5.74) is 5.33. The summed E-state index contributed by atoms with van der Waals surface area (Å²) < 4.78 is 6.30. The number of rotatable bonds is 3. The summed E-state index contributed by atoms with van der Waals surface area (Å²) in [6.45, 7) is 13.6. The highest BCUT2D eigenvalue weighted by Crippen LogP contribution is 2.46. The smallest absolute Gasteiger partial charge is 0.0895 e. The van der Waals surface area contributed by atoms with Gasteiger partial charge in [0.25, 0.3) is 0 Å². The lowest BCUT2D eigenvalue weighted by molar-refractivity contribution is -0.0339. The largest absolute Gasteiger partial charge is 0.378 e. The van der Waals surface area contributed by atoms with Crippen LogP contribution in [-0.2, 0) is 10.2 Å². The maximum atomic E-state index is 6.30. The Labute approximate surface area is 152 Å². The van der Waals surface area contributed by atoms with Gasteiger partial charge in [-0.3, -0.25) is 0 Å². The first-order valence-corrected chi connectivity index (χ1v) is 9.43. The zero-order valence-corrected chi connectivity index (χ0v) is 16.0. The minimum absolute atomic E-state index is 0.148. The number of anilines is 1. The van der Waals surface area contributed by atoms with Crippen molar-refractivity contribution >= 4 is 5.69 Å². The second-order valence-electron chi connectivity index (χ2n) is 8.17. The average Bonchev–Trinajstić information content (AvgIpc) is 2.59. The lowest BCUT2D eigenvalue weighted by Crippen LogP contribution is -2.42.